The summed E-state index contributed by atoms with van der Waals surface area (Å²) in [5, 5.41) is 30.5. The van der Waals surface area contributed by atoms with Gasteiger partial charge in [0.25, 0.3) is 5.78 Å². The van der Waals surface area contributed by atoms with Crippen LogP contribution in [-0.4, -0.2) is 49.1 Å². The summed E-state index contributed by atoms with van der Waals surface area (Å²) < 4.78 is 5.73. The van der Waals surface area contributed by atoms with Crippen molar-refractivity contribution < 1.29 is 34.4 Å². The van der Waals surface area contributed by atoms with Gasteiger partial charge in [0.2, 0.25) is 5.95 Å². The van der Waals surface area contributed by atoms with Gasteiger partial charge in [0.1, 0.15) is 23.4 Å². The molecule has 0 radical (unpaired) electrons. The molecule has 2 unspecified atom stereocenters. The van der Waals surface area contributed by atoms with Gasteiger partial charge in [0, 0.05) is 12.0 Å². The minimum Gasteiger partial charge on any atom is -0.508 e. The van der Waals surface area contributed by atoms with Gasteiger partial charge in [-0.2, -0.15) is 0 Å². The summed E-state index contributed by atoms with van der Waals surface area (Å²) in [7, 11) is 0. The third-order valence-electron chi connectivity index (χ3n) is 6.77. The SMILES string of the molecule is CC1Cc2cc(/C(O)=C3\C(=O)C(=O)N(c4nc5ccc(C(=O)O)cc5[nH]4)C3c3ccc(O)cc3)ccc2O1. The lowest BCUT2D eigenvalue weighted by Gasteiger charge is -2.23. The van der Waals surface area contributed by atoms with Gasteiger partial charge in [-0.05, 0) is 66.6 Å². The number of rotatable bonds is 4. The van der Waals surface area contributed by atoms with Crippen molar-refractivity contribution in [1.29, 1.82) is 0 Å². The van der Waals surface area contributed by atoms with Gasteiger partial charge < -0.3 is 25.0 Å². The first-order valence-electron chi connectivity index (χ1n) is 11.8. The molecule has 6 rings (SSSR count). The lowest BCUT2D eigenvalue weighted by Crippen LogP contribution is -2.30. The van der Waals surface area contributed by atoms with Gasteiger partial charge in [-0.3, -0.25) is 14.5 Å². The number of carbonyl (C=O) groups excluding carboxylic acids is 2. The number of phenols is 1. The minimum atomic E-state index is -1.12. The van der Waals surface area contributed by atoms with Crippen LogP contribution in [0.2, 0.25) is 0 Å². The highest BCUT2D eigenvalue weighted by atomic mass is 16.5. The molecule has 190 valence electrons. The molecule has 0 saturated carbocycles. The lowest BCUT2D eigenvalue weighted by atomic mass is 9.94. The molecule has 4 aromatic rings. The zero-order chi connectivity index (χ0) is 26.7. The molecule has 0 aliphatic carbocycles. The number of aromatic nitrogens is 2. The molecule has 4 N–H and O–H groups in total. The number of phenolic OH excluding ortho intramolecular Hbond substituents is 1. The van der Waals surface area contributed by atoms with Crippen molar-refractivity contribution >= 4 is 40.4 Å². The summed E-state index contributed by atoms with van der Waals surface area (Å²) in [6.45, 7) is 1.93. The molecule has 3 aromatic carbocycles. The number of ketones is 1. The molecule has 0 spiro atoms. The van der Waals surface area contributed by atoms with Crippen LogP contribution in [-0.2, 0) is 16.0 Å². The first-order valence-corrected chi connectivity index (χ1v) is 11.8. The number of aromatic hydroxyl groups is 1. The first kappa shape index (κ1) is 23.3. The predicted molar refractivity (Wildman–Crippen MR) is 136 cm³/mol. The monoisotopic (exact) mass is 511 g/mol. The average molecular weight is 511 g/mol. The Morgan fingerprint density at radius 3 is 2.50 bits per heavy atom. The van der Waals surface area contributed by atoms with Crippen molar-refractivity contribution in [3.8, 4) is 11.5 Å². The Kier molecular flexibility index (Phi) is 5.20. The Morgan fingerprint density at radius 2 is 1.76 bits per heavy atom. The lowest BCUT2D eigenvalue weighted by molar-refractivity contribution is -0.132. The maximum atomic E-state index is 13.4. The van der Waals surface area contributed by atoms with Gasteiger partial charge in [-0.25, -0.2) is 9.78 Å². The van der Waals surface area contributed by atoms with E-state index in [1.54, 1.807) is 30.3 Å². The van der Waals surface area contributed by atoms with Gasteiger partial charge in [0.05, 0.1) is 28.2 Å². The van der Waals surface area contributed by atoms with Crippen LogP contribution < -0.4 is 9.64 Å². The zero-order valence-corrected chi connectivity index (χ0v) is 20.0. The zero-order valence-electron chi connectivity index (χ0n) is 20.0. The fourth-order valence-corrected chi connectivity index (χ4v) is 4.99. The summed E-state index contributed by atoms with van der Waals surface area (Å²) in [5.41, 5.74) is 2.33. The summed E-state index contributed by atoms with van der Waals surface area (Å²) in [6.07, 6.45) is 0.628. The van der Waals surface area contributed by atoms with Crippen LogP contribution in [0.3, 0.4) is 0 Å². The van der Waals surface area contributed by atoms with Gasteiger partial charge in [-0.15, -0.1) is 0 Å². The van der Waals surface area contributed by atoms with E-state index in [1.807, 2.05) is 6.92 Å². The van der Waals surface area contributed by atoms with E-state index in [9.17, 15) is 29.7 Å². The van der Waals surface area contributed by atoms with E-state index < -0.39 is 23.7 Å². The molecular formula is C28H21N3O7. The van der Waals surface area contributed by atoms with Crippen LogP contribution in [0, 0.1) is 0 Å². The summed E-state index contributed by atoms with van der Waals surface area (Å²) in [6, 6.07) is 14.2. The Bertz CT molecular complexity index is 1690. The summed E-state index contributed by atoms with van der Waals surface area (Å²) in [4.78, 5) is 46.7. The third kappa shape index (κ3) is 3.65. The van der Waals surface area contributed by atoms with Crippen LogP contribution >= 0.6 is 0 Å². The maximum absolute atomic E-state index is 13.4. The van der Waals surface area contributed by atoms with Gasteiger partial charge in [0.15, 0.2) is 0 Å². The molecule has 1 saturated heterocycles. The molecule has 2 aliphatic heterocycles. The second kappa shape index (κ2) is 8.48. The number of amides is 1. The Morgan fingerprint density at radius 1 is 1.03 bits per heavy atom. The number of nitrogens with one attached hydrogen (secondary N) is 1. The molecule has 1 aromatic heterocycles. The van der Waals surface area contributed by atoms with Crippen molar-refractivity contribution in [2.24, 2.45) is 0 Å². The van der Waals surface area contributed by atoms with Crippen molar-refractivity contribution in [2.45, 2.75) is 25.5 Å². The number of H-pyrrole nitrogens is 1. The van der Waals surface area contributed by atoms with E-state index in [4.69, 9.17) is 4.74 Å². The van der Waals surface area contributed by atoms with Crippen LogP contribution in [0.4, 0.5) is 5.95 Å². The highest BCUT2D eigenvalue weighted by Crippen LogP contribution is 2.42. The number of anilines is 1. The molecule has 38 heavy (non-hydrogen) atoms. The number of fused-ring (bicyclic) bond motifs is 2. The smallest absolute Gasteiger partial charge is 0.335 e. The minimum absolute atomic E-state index is 0.0108. The van der Waals surface area contributed by atoms with Crippen molar-refractivity contribution in [3.63, 3.8) is 0 Å². The van der Waals surface area contributed by atoms with E-state index in [1.165, 1.54) is 30.3 Å². The molecule has 10 heteroatoms. The number of Topliss-reactive ketones (excluding diaryl/α,β-unsaturated/α-hetero) is 1. The number of aliphatic hydroxyl groups excluding tert-OH is 1. The van der Waals surface area contributed by atoms with E-state index in [0.717, 1.165) is 10.5 Å². The standard InChI is InChI=1S/C28H21N3O7/c1-13-10-17-11-15(5-9-21(17)38-13)24(33)22-23(14-2-6-18(32)7-3-14)31(26(35)25(22)34)28-29-19-8-4-16(27(36)37)12-20(19)30-28/h2-9,11-13,23,32-33H,10H2,1H3,(H,29,30)(H,36,37)/b24-22+. The molecule has 2 atom stereocenters. The molecule has 1 fully saturated rings. The fraction of sp³-hybridized carbons (Fsp3) is 0.143. The summed E-state index contributed by atoms with van der Waals surface area (Å²) in [5.74, 6) is -2.59. The van der Waals surface area contributed by atoms with E-state index >= 15 is 0 Å². The highest BCUT2D eigenvalue weighted by Gasteiger charge is 2.48. The number of imidazole rings is 1. The second-order valence-electron chi connectivity index (χ2n) is 9.31. The van der Waals surface area contributed by atoms with E-state index in [0.29, 0.717) is 34.3 Å². The van der Waals surface area contributed by atoms with Gasteiger partial charge >= 0.3 is 11.9 Å². The number of hydrogen-bond acceptors (Lipinski definition) is 7. The third-order valence-corrected chi connectivity index (χ3v) is 6.77. The average Bonchev–Trinajstić information content (AvgIpc) is 3.56. The van der Waals surface area contributed by atoms with E-state index in [-0.39, 0.29) is 34.7 Å². The van der Waals surface area contributed by atoms with Crippen molar-refractivity contribution in [2.75, 3.05) is 4.90 Å². The number of carbonyl (C=O) groups is 3. The number of aromatic carboxylic acids is 1. The number of benzene rings is 3. The number of nitrogens with zero attached hydrogens (tertiary/aromatic N) is 2. The number of ether oxygens (including phenoxy) is 1. The number of hydrogen-bond donors (Lipinski definition) is 4. The number of aliphatic hydroxyl groups is 1. The van der Waals surface area contributed by atoms with Gasteiger partial charge in [-0.1, -0.05) is 12.1 Å². The Hall–Kier alpha value is -5.12. The van der Waals surface area contributed by atoms with Crippen LogP contribution in [0.1, 0.15) is 40.0 Å². The quantitative estimate of drug-likeness (QED) is 0.183. The number of carboxylic acid groups (broad SMARTS) is 1. The highest BCUT2D eigenvalue weighted by molar-refractivity contribution is 6.51. The normalized spacial score (nSPS) is 20.1. The maximum Gasteiger partial charge on any atom is 0.335 e. The fourth-order valence-electron chi connectivity index (χ4n) is 4.99. The molecule has 10 nitrogen and oxygen atoms in total. The van der Waals surface area contributed by atoms with Crippen LogP contribution in [0.25, 0.3) is 16.8 Å². The largest absolute Gasteiger partial charge is 0.508 e. The Balaban J connectivity index is 1.52. The predicted octanol–water partition coefficient (Wildman–Crippen LogP) is 3.92. The van der Waals surface area contributed by atoms with Crippen LogP contribution in [0.15, 0.2) is 66.2 Å². The van der Waals surface area contributed by atoms with Crippen molar-refractivity contribution in [3.05, 3.63) is 88.5 Å². The topological polar surface area (TPSA) is 153 Å². The first-order chi connectivity index (χ1) is 18.2. The molecular weight excluding hydrogens is 490 g/mol. The van der Waals surface area contributed by atoms with Crippen molar-refractivity contribution in [1.82, 2.24) is 9.97 Å². The molecule has 3 heterocycles. The molecule has 1 amide bonds. The number of carboxylic acids is 1. The van der Waals surface area contributed by atoms with Crippen LogP contribution in [0.5, 0.6) is 11.5 Å². The number of aromatic amines is 1. The summed E-state index contributed by atoms with van der Waals surface area (Å²) >= 11 is 0. The molecule has 0 bridgehead atoms. The van der Waals surface area contributed by atoms with E-state index in [2.05, 4.69) is 9.97 Å². The molecule has 2 aliphatic rings. The Labute approximate surface area is 215 Å². The second-order valence-corrected chi connectivity index (χ2v) is 9.31.